The van der Waals surface area contributed by atoms with Crippen LogP contribution in [-0.4, -0.2) is 50.0 Å². The van der Waals surface area contributed by atoms with Gasteiger partial charge in [-0.3, -0.25) is 0 Å². The summed E-state index contributed by atoms with van der Waals surface area (Å²) >= 11 is 0. The number of aromatic nitrogens is 3. The van der Waals surface area contributed by atoms with Crippen molar-refractivity contribution in [1.82, 2.24) is 15.0 Å². The van der Waals surface area contributed by atoms with Crippen LogP contribution in [0.15, 0.2) is 10.8 Å². The molecule has 0 spiro atoms. The third kappa shape index (κ3) is 5.87. The van der Waals surface area contributed by atoms with E-state index in [-0.39, 0.29) is 30.7 Å². The minimum absolute atomic E-state index is 0.119. The van der Waals surface area contributed by atoms with Gasteiger partial charge in [0, 0.05) is 12.5 Å². The quantitative estimate of drug-likeness (QED) is 0.514. The summed E-state index contributed by atoms with van der Waals surface area (Å²) in [5.41, 5.74) is -0.798. The molecule has 1 aromatic rings. The van der Waals surface area contributed by atoms with Crippen molar-refractivity contribution < 1.29 is 31.4 Å². The van der Waals surface area contributed by atoms with Crippen LogP contribution in [0, 0.1) is 0 Å². The smallest absolute Gasteiger partial charge is 0.386 e. The molecule has 2 rings (SSSR count). The monoisotopic (exact) mass is 425 g/mol. The number of allylic oxidation sites excluding steroid dienone is 1. The predicted molar refractivity (Wildman–Crippen MR) is 94.9 cm³/mol. The number of hydrogen-bond acceptors (Lipinski definition) is 6. The first kappa shape index (κ1) is 23.0. The van der Waals surface area contributed by atoms with Crippen LogP contribution in [0.5, 0.6) is 0 Å². The van der Waals surface area contributed by atoms with Gasteiger partial charge in [-0.05, 0) is 32.6 Å². The number of anilines is 1. The van der Waals surface area contributed by atoms with Crippen molar-refractivity contribution in [2.75, 3.05) is 5.32 Å². The predicted octanol–water partition coefficient (Wildman–Crippen LogP) is 4.60. The van der Waals surface area contributed by atoms with E-state index in [4.69, 9.17) is 0 Å². The molecule has 0 saturated heterocycles. The van der Waals surface area contributed by atoms with Gasteiger partial charge in [0.15, 0.2) is 5.82 Å². The highest BCUT2D eigenvalue weighted by molar-refractivity contribution is 5.90. The van der Waals surface area contributed by atoms with Gasteiger partial charge in [0.25, 0.3) is 11.9 Å². The van der Waals surface area contributed by atoms with Crippen molar-refractivity contribution in [2.24, 2.45) is 4.99 Å². The van der Waals surface area contributed by atoms with Crippen LogP contribution in [0.25, 0.3) is 5.57 Å². The molecule has 1 unspecified atom stereocenters. The molecule has 29 heavy (non-hydrogen) atoms. The Morgan fingerprint density at radius 1 is 1.24 bits per heavy atom. The zero-order valence-electron chi connectivity index (χ0n) is 16.0. The lowest BCUT2D eigenvalue weighted by atomic mass is 9.96. The maximum Gasteiger partial charge on any atom is 0.408 e. The van der Waals surface area contributed by atoms with Crippen LogP contribution in [0.2, 0.25) is 0 Å². The van der Waals surface area contributed by atoms with E-state index in [0.717, 1.165) is 6.92 Å². The lowest BCUT2D eigenvalue weighted by molar-refractivity contribution is -0.143. The molecular formula is C17H21F6N5O. The van der Waals surface area contributed by atoms with E-state index in [0.29, 0.717) is 13.3 Å². The second-order valence-corrected chi connectivity index (χ2v) is 6.75. The van der Waals surface area contributed by atoms with Gasteiger partial charge in [-0.15, -0.1) is 0 Å². The lowest BCUT2D eigenvalue weighted by Crippen LogP contribution is -2.36. The first-order valence-electron chi connectivity index (χ1n) is 8.92. The highest BCUT2D eigenvalue weighted by Crippen LogP contribution is 2.33. The van der Waals surface area contributed by atoms with Gasteiger partial charge in [-0.2, -0.15) is 28.1 Å². The number of hydrogen-bond donors (Lipinski definition) is 2. The summed E-state index contributed by atoms with van der Waals surface area (Å²) in [5.74, 6) is -5.76. The number of nitrogens with zero attached hydrogens (tertiary/aromatic N) is 4. The molecule has 0 aliphatic heterocycles. The summed E-state index contributed by atoms with van der Waals surface area (Å²) < 4.78 is 80.4. The van der Waals surface area contributed by atoms with Crippen LogP contribution in [0.4, 0.5) is 38.2 Å². The Morgan fingerprint density at radius 2 is 1.90 bits per heavy atom. The molecular weight excluding hydrogens is 404 g/mol. The first-order chi connectivity index (χ1) is 13.3. The highest BCUT2D eigenvalue weighted by Gasteiger charge is 2.39. The lowest BCUT2D eigenvalue weighted by Gasteiger charge is -2.21. The Bertz CT molecular complexity index is 802. The van der Waals surface area contributed by atoms with Crippen molar-refractivity contribution in [3.8, 4) is 0 Å². The number of alkyl halides is 5. The molecule has 1 aliphatic rings. The van der Waals surface area contributed by atoms with Crippen LogP contribution in [0.1, 0.15) is 52.3 Å². The number of nitrogens with one attached hydrogen (secondary N) is 1. The second-order valence-electron chi connectivity index (χ2n) is 6.75. The van der Waals surface area contributed by atoms with E-state index in [1.54, 1.807) is 0 Å². The standard InChI is InChI=1S/C17H21F6N5O/c1-4-11(17(21,22)23)25-15-27-13(9-6-5-7-10(29)12(9)18)26-14(28-15)24-8(2)16(3,19)20/h10-11,29H,4-7H2,1-3H3,(H,25,26,27,28)/b24-8+/t10?,11-/m1/s1. The molecule has 0 radical (unpaired) electrons. The zero-order valence-corrected chi connectivity index (χ0v) is 16.0. The van der Waals surface area contributed by atoms with E-state index >= 15 is 0 Å². The van der Waals surface area contributed by atoms with Crippen LogP contribution in [-0.2, 0) is 0 Å². The second kappa shape index (κ2) is 8.64. The summed E-state index contributed by atoms with van der Waals surface area (Å²) in [6.07, 6.45) is -5.69. The number of rotatable bonds is 6. The van der Waals surface area contributed by atoms with E-state index in [1.165, 1.54) is 6.92 Å². The van der Waals surface area contributed by atoms with Crippen LogP contribution in [0.3, 0.4) is 0 Å². The van der Waals surface area contributed by atoms with Crippen LogP contribution < -0.4 is 5.32 Å². The fourth-order valence-corrected chi connectivity index (χ4v) is 2.57. The molecule has 2 atom stereocenters. The van der Waals surface area contributed by atoms with Crippen LogP contribution >= 0.6 is 0 Å². The molecule has 1 aliphatic carbocycles. The summed E-state index contributed by atoms with van der Waals surface area (Å²) in [6.45, 7) is 2.88. The summed E-state index contributed by atoms with van der Waals surface area (Å²) in [6, 6.07) is -2.01. The Labute approximate surface area is 163 Å². The fraction of sp³-hybridized carbons (Fsp3) is 0.647. The van der Waals surface area contributed by atoms with Gasteiger partial charge in [0.1, 0.15) is 18.0 Å². The molecule has 12 heteroatoms. The van der Waals surface area contributed by atoms with E-state index < -0.39 is 47.7 Å². The molecule has 0 amide bonds. The topological polar surface area (TPSA) is 83.3 Å². The van der Waals surface area contributed by atoms with Crippen molar-refractivity contribution in [2.45, 2.75) is 70.7 Å². The zero-order chi connectivity index (χ0) is 22.0. The average Bonchev–Trinajstić information content (AvgIpc) is 2.60. The Morgan fingerprint density at radius 3 is 2.45 bits per heavy atom. The molecule has 0 saturated carbocycles. The van der Waals surface area contributed by atoms with Crippen molar-refractivity contribution in [1.29, 1.82) is 0 Å². The molecule has 1 aromatic heterocycles. The minimum Gasteiger partial charge on any atom is -0.386 e. The van der Waals surface area contributed by atoms with E-state index in [1.807, 2.05) is 0 Å². The fourth-order valence-electron chi connectivity index (χ4n) is 2.57. The Balaban J connectivity index is 2.56. The molecule has 0 fully saturated rings. The summed E-state index contributed by atoms with van der Waals surface area (Å²) in [5, 5.41) is 11.8. The van der Waals surface area contributed by atoms with E-state index in [2.05, 4.69) is 25.3 Å². The summed E-state index contributed by atoms with van der Waals surface area (Å²) in [7, 11) is 0. The molecule has 0 bridgehead atoms. The van der Waals surface area contributed by atoms with Gasteiger partial charge in [0.05, 0.1) is 5.71 Å². The maximum absolute atomic E-state index is 14.3. The highest BCUT2D eigenvalue weighted by atomic mass is 19.4. The maximum atomic E-state index is 14.3. The van der Waals surface area contributed by atoms with Gasteiger partial charge in [-0.1, -0.05) is 6.92 Å². The van der Waals surface area contributed by atoms with Crippen molar-refractivity contribution >= 4 is 23.2 Å². The van der Waals surface area contributed by atoms with E-state index in [9.17, 15) is 31.4 Å². The first-order valence-corrected chi connectivity index (χ1v) is 8.92. The third-order valence-corrected chi connectivity index (χ3v) is 4.39. The number of aliphatic hydroxyl groups is 1. The number of halogens is 6. The third-order valence-electron chi connectivity index (χ3n) is 4.39. The molecule has 0 aromatic carbocycles. The minimum atomic E-state index is -4.62. The van der Waals surface area contributed by atoms with Gasteiger partial charge < -0.3 is 10.4 Å². The normalized spacial score (nSPS) is 20.1. The van der Waals surface area contributed by atoms with Gasteiger partial charge in [-0.25, -0.2) is 18.2 Å². The SMILES string of the molecule is CC[C@@H](Nc1nc(/N=C(\C)C(C)(F)F)nc(C2=C(F)C(O)CCC2)n1)C(F)(F)F. The number of aliphatic hydroxyl groups excluding tert-OH is 1. The van der Waals surface area contributed by atoms with Gasteiger partial charge >= 0.3 is 6.18 Å². The largest absolute Gasteiger partial charge is 0.408 e. The molecule has 6 nitrogen and oxygen atoms in total. The molecule has 1 heterocycles. The Kier molecular flexibility index (Phi) is 6.86. The van der Waals surface area contributed by atoms with Gasteiger partial charge in [0.2, 0.25) is 5.95 Å². The van der Waals surface area contributed by atoms with Crippen molar-refractivity contribution in [3.05, 3.63) is 11.7 Å². The van der Waals surface area contributed by atoms with Crippen molar-refractivity contribution in [3.63, 3.8) is 0 Å². The number of aliphatic imine (C=N–C) groups is 1. The summed E-state index contributed by atoms with van der Waals surface area (Å²) in [4.78, 5) is 14.9. The average molecular weight is 425 g/mol. The molecule has 2 N–H and O–H groups in total. The molecule has 162 valence electrons. The Hall–Kier alpha value is -2.24.